The maximum absolute atomic E-state index is 12.9. The SMILES string of the molecule is N/C(=C\C(N)=N/c1cncc(OC2CCNCC2)n1)C1CC(F)C1. The van der Waals surface area contributed by atoms with Gasteiger partial charge in [0.05, 0.1) is 12.4 Å². The molecule has 0 unspecified atom stereocenters. The Labute approximate surface area is 140 Å². The minimum Gasteiger partial charge on any atom is -0.473 e. The minimum atomic E-state index is -0.755. The van der Waals surface area contributed by atoms with Gasteiger partial charge in [0.25, 0.3) is 0 Å². The van der Waals surface area contributed by atoms with Crippen LogP contribution >= 0.6 is 0 Å². The van der Waals surface area contributed by atoms with Crippen molar-refractivity contribution < 1.29 is 9.13 Å². The Morgan fingerprint density at radius 1 is 1.29 bits per heavy atom. The zero-order valence-electron chi connectivity index (χ0n) is 13.5. The van der Waals surface area contributed by atoms with Gasteiger partial charge in [-0.2, -0.15) is 4.98 Å². The summed E-state index contributed by atoms with van der Waals surface area (Å²) in [5.74, 6) is 1.07. The van der Waals surface area contributed by atoms with E-state index in [4.69, 9.17) is 16.2 Å². The van der Waals surface area contributed by atoms with Crippen molar-refractivity contribution in [1.29, 1.82) is 0 Å². The average Bonchev–Trinajstić information content (AvgIpc) is 2.53. The van der Waals surface area contributed by atoms with E-state index in [2.05, 4.69) is 20.3 Å². The summed E-state index contributed by atoms with van der Waals surface area (Å²) in [4.78, 5) is 12.6. The van der Waals surface area contributed by atoms with Gasteiger partial charge in [-0.25, -0.2) is 9.38 Å². The van der Waals surface area contributed by atoms with Crippen molar-refractivity contribution in [3.63, 3.8) is 0 Å². The third-order valence-electron chi connectivity index (χ3n) is 4.28. The Bertz CT molecular complexity index is 623. The molecule has 1 aromatic rings. The lowest BCUT2D eigenvalue weighted by molar-refractivity contribution is 0.154. The Kier molecular flexibility index (Phi) is 5.24. The lowest BCUT2D eigenvalue weighted by Gasteiger charge is -2.29. The van der Waals surface area contributed by atoms with E-state index in [-0.39, 0.29) is 17.9 Å². The Morgan fingerprint density at radius 2 is 2.04 bits per heavy atom. The molecule has 1 aliphatic carbocycles. The molecule has 7 nitrogen and oxygen atoms in total. The maximum atomic E-state index is 12.9. The van der Waals surface area contributed by atoms with E-state index in [9.17, 15) is 4.39 Å². The monoisotopic (exact) mass is 334 g/mol. The highest BCUT2D eigenvalue weighted by Gasteiger charge is 2.30. The average molecular weight is 334 g/mol. The van der Waals surface area contributed by atoms with Gasteiger partial charge >= 0.3 is 0 Å². The van der Waals surface area contributed by atoms with Gasteiger partial charge in [0.1, 0.15) is 18.1 Å². The molecule has 3 rings (SSSR count). The van der Waals surface area contributed by atoms with E-state index >= 15 is 0 Å². The number of hydrogen-bond donors (Lipinski definition) is 3. The normalized spacial score (nSPS) is 26.0. The second-order valence-electron chi connectivity index (χ2n) is 6.23. The zero-order chi connectivity index (χ0) is 16.9. The van der Waals surface area contributed by atoms with E-state index in [0.29, 0.717) is 30.2 Å². The molecule has 1 aromatic heterocycles. The molecule has 24 heavy (non-hydrogen) atoms. The molecule has 1 saturated heterocycles. The van der Waals surface area contributed by atoms with Crippen LogP contribution in [0.15, 0.2) is 29.2 Å². The number of ether oxygens (including phenoxy) is 1. The topological polar surface area (TPSA) is 111 Å². The summed E-state index contributed by atoms with van der Waals surface area (Å²) in [6.07, 6.45) is 6.81. The fourth-order valence-electron chi connectivity index (χ4n) is 2.81. The highest BCUT2D eigenvalue weighted by Crippen LogP contribution is 2.33. The molecule has 5 N–H and O–H groups in total. The summed E-state index contributed by atoms with van der Waals surface area (Å²) in [6, 6.07) is 0. The van der Waals surface area contributed by atoms with Crippen molar-refractivity contribution in [3.05, 3.63) is 24.2 Å². The van der Waals surface area contributed by atoms with Crippen LogP contribution < -0.4 is 21.5 Å². The summed E-state index contributed by atoms with van der Waals surface area (Å²) in [7, 11) is 0. The molecule has 8 heteroatoms. The fraction of sp³-hybridized carbons (Fsp3) is 0.562. The maximum Gasteiger partial charge on any atom is 0.234 e. The molecule has 1 saturated carbocycles. The summed E-state index contributed by atoms with van der Waals surface area (Å²) >= 11 is 0. The molecule has 1 aliphatic heterocycles. The van der Waals surface area contributed by atoms with Crippen LogP contribution in [0.25, 0.3) is 0 Å². The number of amidine groups is 1. The van der Waals surface area contributed by atoms with Crippen molar-refractivity contribution in [2.45, 2.75) is 38.0 Å². The van der Waals surface area contributed by atoms with Crippen LogP contribution in [0, 0.1) is 5.92 Å². The predicted molar refractivity (Wildman–Crippen MR) is 89.7 cm³/mol. The van der Waals surface area contributed by atoms with Crippen molar-refractivity contribution in [2.24, 2.45) is 22.4 Å². The van der Waals surface area contributed by atoms with Crippen LogP contribution in [0.2, 0.25) is 0 Å². The molecule has 2 heterocycles. The van der Waals surface area contributed by atoms with E-state index in [1.165, 1.54) is 6.20 Å². The number of piperidine rings is 1. The molecule has 0 bridgehead atoms. The van der Waals surface area contributed by atoms with Gasteiger partial charge in [-0.05, 0) is 44.8 Å². The number of aromatic nitrogens is 2. The largest absolute Gasteiger partial charge is 0.473 e. The quantitative estimate of drug-likeness (QED) is 0.551. The number of aliphatic imine (C=N–C) groups is 1. The molecule has 2 fully saturated rings. The summed E-state index contributed by atoms with van der Waals surface area (Å²) in [6.45, 7) is 1.88. The van der Waals surface area contributed by atoms with Gasteiger partial charge in [0, 0.05) is 11.6 Å². The molecule has 0 spiro atoms. The third-order valence-corrected chi connectivity index (χ3v) is 4.28. The molecule has 2 aliphatic rings. The van der Waals surface area contributed by atoms with Gasteiger partial charge < -0.3 is 21.5 Å². The van der Waals surface area contributed by atoms with Gasteiger partial charge in [-0.15, -0.1) is 0 Å². The van der Waals surface area contributed by atoms with Crippen LogP contribution in [-0.4, -0.2) is 41.2 Å². The lowest BCUT2D eigenvalue weighted by Crippen LogP contribution is -2.34. The number of nitrogens with one attached hydrogen (secondary N) is 1. The van der Waals surface area contributed by atoms with Crippen LogP contribution in [0.3, 0.4) is 0 Å². The second-order valence-corrected chi connectivity index (χ2v) is 6.23. The molecule has 0 radical (unpaired) electrons. The van der Waals surface area contributed by atoms with Crippen molar-refractivity contribution >= 4 is 11.7 Å². The van der Waals surface area contributed by atoms with Crippen LogP contribution in [-0.2, 0) is 0 Å². The third kappa shape index (κ3) is 4.41. The summed E-state index contributed by atoms with van der Waals surface area (Å²) in [5, 5.41) is 3.28. The molecular formula is C16H23FN6O. The van der Waals surface area contributed by atoms with Crippen LogP contribution in [0.5, 0.6) is 5.88 Å². The number of halogens is 1. The molecule has 0 amide bonds. The Hall–Kier alpha value is -2.22. The molecule has 0 atom stereocenters. The molecular weight excluding hydrogens is 311 g/mol. The highest BCUT2D eigenvalue weighted by molar-refractivity contribution is 5.93. The van der Waals surface area contributed by atoms with Crippen LogP contribution in [0.1, 0.15) is 25.7 Å². The first-order valence-corrected chi connectivity index (χ1v) is 8.25. The van der Waals surface area contributed by atoms with E-state index < -0.39 is 6.17 Å². The standard InChI is InChI=1S/C16H23FN6O/c17-11-5-10(6-11)13(18)7-14(19)22-15-8-21-9-16(23-15)24-12-1-3-20-4-2-12/h7-12,20H,1-6,18H2,(H2,19,22,23)/b13-7-. The van der Waals surface area contributed by atoms with E-state index in [1.54, 1.807) is 12.3 Å². The van der Waals surface area contributed by atoms with Gasteiger partial charge in [0.2, 0.25) is 5.88 Å². The molecule has 130 valence electrons. The van der Waals surface area contributed by atoms with Gasteiger partial charge in [-0.3, -0.25) is 4.98 Å². The smallest absolute Gasteiger partial charge is 0.234 e. The first-order chi connectivity index (χ1) is 11.6. The number of nitrogens with two attached hydrogens (primary N) is 2. The van der Waals surface area contributed by atoms with Gasteiger partial charge in [-0.1, -0.05) is 0 Å². The lowest BCUT2D eigenvalue weighted by atomic mass is 9.81. The summed E-state index contributed by atoms with van der Waals surface area (Å²) in [5.41, 5.74) is 12.3. The fourth-order valence-corrected chi connectivity index (χ4v) is 2.81. The van der Waals surface area contributed by atoms with Crippen LogP contribution in [0.4, 0.5) is 10.2 Å². The van der Waals surface area contributed by atoms with Crippen molar-refractivity contribution in [1.82, 2.24) is 15.3 Å². The molecule has 0 aromatic carbocycles. The second kappa shape index (κ2) is 7.57. The van der Waals surface area contributed by atoms with E-state index in [0.717, 1.165) is 25.9 Å². The number of rotatable bonds is 5. The van der Waals surface area contributed by atoms with Crippen molar-refractivity contribution in [2.75, 3.05) is 13.1 Å². The van der Waals surface area contributed by atoms with Gasteiger partial charge in [0.15, 0.2) is 5.82 Å². The zero-order valence-corrected chi connectivity index (χ0v) is 13.5. The Morgan fingerprint density at radius 3 is 2.75 bits per heavy atom. The minimum absolute atomic E-state index is 0.0504. The first-order valence-electron chi connectivity index (χ1n) is 8.25. The van der Waals surface area contributed by atoms with E-state index in [1.807, 2.05) is 0 Å². The number of allylic oxidation sites excluding steroid dienone is 1. The van der Waals surface area contributed by atoms with Crippen molar-refractivity contribution in [3.8, 4) is 5.88 Å². The number of nitrogens with zero attached hydrogens (tertiary/aromatic N) is 3. The number of alkyl halides is 1. The summed E-state index contributed by atoms with van der Waals surface area (Å²) < 4.78 is 18.7. The Balaban J connectivity index is 1.63. The highest BCUT2D eigenvalue weighted by atomic mass is 19.1. The first kappa shape index (κ1) is 16.6. The number of hydrogen-bond acceptors (Lipinski definition) is 6. The predicted octanol–water partition coefficient (Wildman–Crippen LogP) is 1.19.